The summed E-state index contributed by atoms with van der Waals surface area (Å²) in [5.74, 6) is -0.868. The van der Waals surface area contributed by atoms with Crippen LogP contribution in [0.4, 0.5) is 0 Å². The first-order valence-corrected chi connectivity index (χ1v) is 8.29. The summed E-state index contributed by atoms with van der Waals surface area (Å²) in [5, 5.41) is 11.4. The molecule has 3 rings (SSSR count). The van der Waals surface area contributed by atoms with E-state index in [1.165, 1.54) is 4.90 Å². The fourth-order valence-corrected chi connectivity index (χ4v) is 3.64. The molecule has 1 unspecified atom stereocenters. The van der Waals surface area contributed by atoms with Crippen molar-refractivity contribution in [3.63, 3.8) is 0 Å². The van der Waals surface area contributed by atoms with Gasteiger partial charge in [-0.05, 0) is 37.7 Å². The van der Waals surface area contributed by atoms with Crippen molar-refractivity contribution in [1.82, 2.24) is 4.90 Å². The lowest BCUT2D eigenvalue weighted by Crippen LogP contribution is -2.55. The summed E-state index contributed by atoms with van der Waals surface area (Å²) < 4.78 is 5.35. The molecule has 2 aliphatic heterocycles. The van der Waals surface area contributed by atoms with Gasteiger partial charge < -0.3 is 9.84 Å². The van der Waals surface area contributed by atoms with Crippen molar-refractivity contribution < 1.29 is 19.4 Å². The maximum absolute atomic E-state index is 12.9. The number of hydrogen-bond donors (Lipinski definition) is 1. The number of benzene rings is 1. The molecule has 0 aromatic heterocycles. The standard InChI is InChI=1S/C18H23NO4/c1-12(2)15-17(21)23-11-7-3-6-10-18(22)14-9-5-4-8-13(14)16(20)19(15)18/h4-5,8-9,12,15,22H,3,6-7,10-11H2,1-2H3/t15-,18?/m0/s1. The van der Waals surface area contributed by atoms with Gasteiger partial charge in [-0.25, -0.2) is 4.79 Å². The number of fused-ring (bicyclic) bond motifs is 3. The molecule has 1 saturated heterocycles. The predicted molar refractivity (Wildman–Crippen MR) is 84.6 cm³/mol. The Morgan fingerprint density at radius 2 is 1.96 bits per heavy atom. The van der Waals surface area contributed by atoms with Gasteiger partial charge in [0.2, 0.25) is 0 Å². The molecule has 0 saturated carbocycles. The molecule has 124 valence electrons. The summed E-state index contributed by atoms with van der Waals surface area (Å²) >= 11 is 0. The van der Waals surface area contributed by atoms with Gasteiger partial charge in [-0.2, -0.15) is 0 Å². The van der Waals surface area contributed by atoms with Gasteiger partial charge in [0.05, 0.1) is 6.61 Å². The van der Waals surface area contributed by atoms with Crippen molar-refractivity contribution in [2.75, 3.05) is 6.61 Å². The van der Waals surface area contributed by atoms with Crippen molar-refractivity contribution in [3.05, 3.63) is 35.4 Å². The third-order valence-electron chi connectivity index (χ3n) is 4.77. The fraction of sp³-hybridized carbons (Fsp3) is 0.556. The summed E-state index contributed by atoms with van der Waals surface area (Å²) in [5.41, 5.74) is -0.351. The molecule has 1 aromatic carbocycles. The summed E-state index contributed by atoms with van der Waals surface area (Å²) in [7, 11) is 0. The maximum Gasteiger partial charge on any atom is 0.329 e. The second-order valence-electron chi connectivity index (χ2n) is 6.70. The Bertz CT molecular complexity index is 627. The molecule has 2 atom stereocenters. The number of ether oxygens (including phenoxy) is 1. The minimum atomic E-state index is -1.43. The highest BCUT2D eigenvalue weighted by Crippen LogP contribution is 2.43. The molecule has 5 nitrogen and oxygen atoms in total. The van der Waals surface area contributed by atoms with Gasteiger partial charge in [0.25, 0.3) is 5.91 Å². The smallest absolute Gasteiger partial charge is 0.329 e. The number of rotatable bonds is 1. The van der Waals surface area contributed by atoms with Crippen molar-refractivity contribution in [1.29, 1.82) is 0 Å². The first kappa shape index (κ1) is 16.0. The lowest BCUT2D eigenvalue weighted by atomic mass is 9.92. The van der Waals surface area contributed by atoms with Crippen LogP contribution in [-0.4, -0.2) is 34.5 Å². The Hall–Kier alpha value is -1.88. The summed E-state index contributed by atoms with van der Waals surface area (Å²) in [6.07, 6.45) is 2.84. The first-order valence-electron chi connectivity index (χ1n) is 8.29. The first-order chi connectivity index (χ1) is 11.0. The highest BCUT2D eigenvalue weighted by molar-refractivity contribution is 6.02. The third-order valence-corrected chi connectivity index (χ3v) is 4.77. The quantitative estimate of drug-likeness (QED) is 0.808. The average Bonchev–Trinajstić information content (AvgIpc) is 2.74. The summed E-state index contributed by atoms with van der Waals surface area (Å²) in [4.78, 5) is 26.8. The van der Waals surface area contributed by atoms with E-state index in [9.17, 15) is 14.7 Å². The lowest BCUT2D eigenvalue weighted by Gasteiger charge is -2.41. The van der Waals surface area contributed by atoms with Gasteiger partial charge in [0.15, 0.2) is 5.72 Å². The van der Waals surface area contributed by atoms with E-state index in [0.29, 0.717) is 24.2 Å². The zero-order valence-corrected chi connectivity index (χ0v) is 13.6. The minimum Gasteiger partial charge on any atom is -0.464 e. The van der Waals surface area contributed by atoms with Crippen LogP contribution in [0.5, 0.6) is 0 Å². The zero-order chi connectivity index (χ0) is 16.6. The number of carbonyl (C=O) groups is 2. The second kappa shape index (κ2) is 5.96. The van der Waals surface area contributed by atoms with E-state index in [1.807, 2.05) is 19.9 Å². The van der Waals surface area contributed by atoms with Gasteiger partial charge >= 0.3 is 5.97 Å². The molecular formula is C18H23NO4. The minimum absolute atomic E-state index is 0.147. The molecular weight excluding hydrogens is 294 g/mol. The van der Waals surface area contributed by atoms with E-state index in [2.05, 4.69) is 0 Å². The van der Waals surface area contributed by atoms with Crippen LogP contribution in [0.2, 0.25) is 0 Å². The van der Waals surface area contributed by atoms with Crippen molar-refractivity contribution in [2.45, 2.75) is 51.3 Å². The molecule has 0 aliphatic carbocycles. The normalized spacial score (nSPS) is 28.3. The van der Waals surface area contributed by atoms with Crippen molar-refractivity contribution >= 4 is 11.9 Å². The highest BCUT2D eigenvalue weighted by Gasteiger charge is 2.53. The molecule has 1 aromatic rings. The monoisotopic (exact) mass is 317 g/mol. The Balaban J connectivity index is 2.12. The number of hydrogen-bond acceptors (Lipinski definition) is 4. The lowest BCUT2D eigenvalue weighted by molar-refractivity contribution is -0.168. The van der Waals surface area contributed by atoms with Gasteiger partial charge in [-0.15, -0.1) is 0 Å². The highest BCUT2D eigenvalue weighted by atomic mass is 16.5. The number of cyclic esters (lactones) is 1. The Labute approximate surface area is 136 Å². The van der Waals surface area contributed by atoms with Crippen LogP contribution in [0.3, 0.4) is 0 Å². The van der Waals surface area contributed by atoms with Crippen LogP contribution in [-0.2, 0) is 15.3 Å². The molecule has 5 heteroatoms. The third kappa shape index (κ3) is 2.53. The SMILES string of the molecule is CC(C)[C@H]1C(=O)OCCCCCC2(O)c3ccccc3C(=O)N12. The van der Waals surface area contributed by atoms with Crippen LogP contribution in [0.25, 0.3) is 0 Å². The molecule has 0 radical (unpaired) electrons. The van der Waals surface area contributed by atoms with Gasteiger partial charge in [-0.1, -0.05) is 32.0 Å². The Morgan fingerprint density at radius 3 is 2.70 bits per heavy atom. The van der Waals surface area contributed by atoms with Crippen LogP contribution < -0.4 is 0 Å². The van der Waals surface area contributed by atoms with Crippen molar-refractivity contribution in [3.8, 4) is 0 Å². The number of esters is 1. The van der Waals surface area contributed by atoms with Crippen molar-refractivity contribution in [2.24, 2.45) is 5.92 Å². The topological polar surface area (TPSA) is 66.8 Å². The second-order valence-corrected chi connectivity index (χ2v) is 6.70. The Morgan fingerprint density at radius 1 is 1.22 bits per heavy atom. The van der Waals surface area contributed by atoms with Gasteiger partial charge in [0.1, 0.15) is 6.04 Å². The molecule has 1 N–H and O–H groups in total. The molecule has 2 aliphatic rings. The number of amides is 1. The predicted octanol–water partition coefficient (Wildman–Crippen LogP) is 2.43. The van der Waals surface area contributed by atoms with Gasteiger partial charge in [-0.3, -0.25) is 9.69 Å². The number of nitrogens with zero attached hydrogens (tertiary/aromatic N) is 1. The van der Waals surface area contributed by atoms with Crippen LogP contribution >= 0.6 is 0 Å². The fourth-order valence-electron chi connectivity index (χ4n) is 3.64. The molecule has 1 amide bonds. The van der Waals surface area contributed by atoms with E-state index < -0.39 is 17.7 Å². The van der Waals surface area contributed by atoms with Crippen LogP contribution in [0.1, 0.15) is 55.5 Å². The molecule has 0 spiro atoms. The summed E-state index contributed by atoms with van der Waals surface area (Å²) in [6.45, 7) is 4.11. The molecule has 1 fully saturated rings. The number of aliphatic hydroxyl groups is 1. The largest absolute Gasteiger partial charge is 0.464 e. The molecule has 0 bridgehead atoms. The summed E-state index contributed by atoms with van der Waals surface area (Å²) in [6, 6.07) is 6.31. The zero-order valence-electron chi connectivity index (χ0n) is 13.6. The molecule has 23 heavy (non-hydrogen) atoms. The van der Waals surface area contributed by atoms with Crippen LogP contribution in [0.15, 0.2) is 24.3 Å². The van der Waals surface area contributed by atoms with E-state index in [4.69, 9.17) is 4.74 Å². The van der Waals surface area contributed by atoms with E-state index in [1.54, 1.807) is 18.2 Å². The van der Waals surface area contributed by atoms with E-state index in [-0.39, 0.29) is 11.8 Å². The maximum atomic E-state index is 12.9. The number of carbonyl (C=O) groups excluding carboxylic acids is 2. The Kier molecular flexibility index (Phi) is 4.15. The van der Waals surface area contributed by atoms with E-state index >= 15 is 0 Å². The van der Waals surface area contributed by atoms with E-state index in [0.717, 1.165) is 19.3 Å². The average molecular weight is 317 g/mol. The molecule has 2 heterocycles. The van der Waals surface area contributed by atoms with Crippen LogP contribution in [0, 0.1) is 5.92 Å². The van der Waals surface area contributed by atoms with Gasteiger partial charge in [0, 0.05) is 11.1 Å².